The molecule has 3 rings (SSSR count). The molecule has 0 bridgehead atoms. The van der Waals surface area contributed by atoms with Crippen LogP contribution in [-0.4, -0.2) is 28.7 Å². The van der Waals surface area contributed by atoms with Crippen LogP contribution in [0.1, 0.15) is 25.7 Å². The number of halogens is 1. The van der Waals surface area contributed by atoms with Crippen molar-refractivity contribution in [2.45, 2.75) is 31.7 Å². The minimum Gasteiger partial charge on any atom is -0.367 e. The zero-order valence-corrected chi connectivity index (χ0v) is 11.7. The Hall–Kier alpha value is -1.35. The molecular formula is C15H18ClN3. The van der Waals surface area contributed by atoms with Gasteiger partial charge in [0.25, 0.3) is 0 Å². The summed E-state index contributed by atoms with van der Waals surface area (Å²) in [5.41, 5.74) is 2.20. The third-order valence-corrected chi connectivity index (χ3v) is 4.15. The van der Waals surface area contributed by atoms with E-state index in [1.54, 1.807) is 0 Å². The van der Waals surface area contributed by atoms with Crippen molar-refractivity contribution in [2.75, 3.05) is 17.3 Å². The Kier molecular flexibility index (Phi) is 3.83. The highest BCUT2D eigenvalue weighted by molar-refractivity contribution is 6.17. The highest BCUT2D eigenvalue weighted by atomic mass is 35.5. The highest BCUT2D eigenvalue weighted by Gasteiger charge is 2.25. The van der Waals surface area contributed by atoms with Crippen LogP contribution in [0.25, 0.3) is 10.9 Å². The molecule has 1 aromatic heterocycles. The van der Waals surface area contributed by atoms with Gasteiger partial charge in [0.05, 0.1) is 17.4 Å². The largest absolute Gasteiger partial charge is 0.367 e. The maximum absolute atomic E-state index is 5.83. The fraction of sp³-hybridized carbons (Fsp3) is 0.467. The number of benzene rings is 1. The molecule has 0 saturated carbocycles. The van der Waals surface area contributed by atoms with E-state index in [1.807, 2.05) is 18.3 Å². The average Bonchev–Trinajstić information content (AvgIpc) is 2.92. The standard InChI is InChI=1S/C15H18ClN3/c16-9-3-5-12-6-4-10-19(12)15-11-17-18-14-8-2-1-7-13(14)15/h1-2,7-8,11-12H,3-6,9-10H2. The van der Waals surface area contributed by atoms with Gasteiger partial charge in [0.1, 0.15) is 0 Å². The molecule has 1 aliphatic rings. The zero-order valence-electron chi connectivity index (χ0n) is 10.9. The van der Waals surface area contributed by atoms with Crippen molar-refractivity contribution in [3.63, 3.8) is 0 Å². The lowest BCUT2D eigenvalue weighted by Gasteiger charge is -2.27. The fourth-order valence-corrected chi connectivity index (χ4v) is 3.14. The average molecular weight is 276 g/mol. The molecule has 4 heteroatoms. The van der Waals surface area contributed by atoms with Crippen LogP contribution in [0.3, 0.4) is 0 Å². The number of rotatable bonds is 4. The maximum Gasteiger partial charge on any atom is 0.0950 e. The van der Waals surface area contributed by atoms with E-state index in [1.165, 1.54) is 30.3 Å². The van der Waals surface area contributed by atoms with E-state index in [0.29, 0.717) is 6.04 Å². The molecule has 1 saturated heterocycles. The van der Waals surface area contributed by atoms with Crippen LogP contribution in [-0.2, 0) is 0 Å². The van der Waals surface area contributed by atoms with Crippen LogP contribution in [0.4, 0.5) is 5.69 Å². The predicted molar refractivity (Wildman–Crippen MR) is 79.9 cm³/mol. The predicted octanol–water partition coefficient (Wildman–Crippen LogP) is 3.62. The number of hydrogen-bond acceptors (Lipinski definition) is 3. The molecule has 0 amide bonds. The lowest BCUT2D eigenvalue weighted by atomic mass is 10.1. The summed E-state index contributed by atoms with van der Waals surface area (Å²) < 4.78 is 0. The summed E-state index contributed by atoms with van der Waals surface area (Å²) in [6.07, 6.45) is 6.66. The fourth-order valence-electron chi connectivity index (χ4n) is 2.99. The van der Waals surface area contributed by atoms with Crippen LogP contribution < -0.4 is 4.90 Å². The maximum atomic E-state index is 5.83. The molecular weight excluding hydrogens is 258 g/mol. The van der Waals surface area contributed by atoms with Crippen molar-refractivity contribution in [3.8, 4) is 0 Å². The first-order valence-electron chi connectivity index (χ1n) is 6.93. The molecule has 0 radical (unpaired) electrons. The minimum absolute atomic E-state index is 0.603. The first-order valence-corrected chi connectivity index (χ1v) is 7.46. The summed E-state index contributed by atoms with van der Waals surface area (Å²) in [6.45, 7) is 1.11. The molecule has 1 aliphatic heterocycles. The van der Waals surface area contributed by atoms with Crippen LogP contribution in [0.5, 0.6) is 0 Å². The molecule has 1 fully saturated rings. The van der Waals surface area contributed by atoms with Gasteiger partial charge in [-0.05, 0) is 31.7 Å². The van der Waals surface area contributed by atoms with Crippen LogP contribution >= 0.6 is 11.6 Å². The smallest absolute Gasteiger partial charge is 0.0950 e. The Morgan fingerprint density at radius 3 is 3.11 bits per heavy atom. The number of aromatic nitrogens is 2. The number of fused-ring (bicyclic) bond motifs is 1. The second-order valence-electron chi connectivity index (χ2n) is 5.07. The third kappa shape index (κ3) is 2.52. The highest BCUT2D eigenvalue weighted by Crippen LogP contribution is 2.32. The Morgan fingerprint density at radius 2 is 2.21 bits per heavy atom. The van der Waals surface area contributed by atoms with Gasteiger partial charge < -0.3 is 4.90 Å². The molecule has 0 N–H and O–H groups in total. The van der Waals surface area contributed by atoms with Gasteiger partial charge in [0.2, 0.25) is 0 Å². The van der Waals surface area contributed by atoms with Gasteiger partial charge in [0.15, 0.2) is 0 Å². The van der Waals surface area contributed by atoms with E-state index in [9.17, 15) is 0 Å². The number of alkyl halides is 1. The first kappa shape index (κ1) is 12.7. The molecule has 0 aliphatic carbocycles. The van der Waals surface area contributed by atoms with Gasteiger partial charge in [-0.1, -0.05) is 18.2 Å². The summed E-state index contributed by atoms with van der Waals surface area (Å²) in [7, 11) is 0. The summed E-state index contributed by atoms with van der Waals surface area (Å²) in [5.74, 6) is 0.750. The van der Waals surface area contributed by atoms with E-state index < -0.39 is 0 Å². The lowest BCUT2D eigenvalue weighted by molar-refractivity contribution is 0.602. The van der Waals surface area contributed by atoms with Crippen molar-refractivity contribution in [1.82, 2.24) is 10.2 Å². The number of anilines is 1. The molecule has 19 heavy (non-hydrogen) atoms. The SMILES string of the molecule is ClCCCC1CCCN1c1cnnc2ccccc12. The number of nitrogens with zero attached hydrogens (tertiary/aromatic N) is 3. The van der Waals surface area contributed by atoms with Gasteiger partial charge in [-0.3, -0.25) is 0 Å². The van der Waals surface area contributed by atoms with Crippen molar-refractivity contribution < 1.29 is 0 Å². The third-order valence-electron chi connectivity index (χ3n) is 3.88. The van der Waals surface area contributed by atoms with Gasteiger partial charge in [-0.15, -0.1) is 11.6 Å². The Labute approximate surface area is 118 Å². The molecule has 2 aromatic rings. The molecule has 3 nitrogen and oxygen atoms in total. The lowest BCUT2D eigenvalue weighted by Crippen LogP contribution is -2.29. The summed E-state index contributed by atoms with van der Waals surface area (Å²) in [5, 5.41) is 9.56. The quantitative estimate of drug-likeness (QED) is 0.798. The van der Waals surface area contributed by atoms with Gasteiger partial charge in [0, 0.05) is 23.9 Å². The van der Waals surface area contributed by atoms with E-state index in [-0.39, 0.29) is 0 Å². The van der Waals surface area contributed by atoms with Gasteiger partial charge in [-0.25, -0.2) is 0 Å². The van der Waals surface area contributed by atoms with Crippen molar-refractivity contribution in [3.05, 3.63) is 30.5 Å². The second-order valence-corrected chi connectivity index (χ2v) is 5.45. The Bertz CT molecular complexity index is 553. The van der Waals surface area contributed by atoms with Crippen LogP contribution in [0.2, 0.25) is 0 Å². The second kappa shape index (κ2) is 5.74. The van der Waals surface area contributed by atoms with Crippen LogP contribution in [0, 0.1) is 0 Å². The van der Waals surface area contributed by atoms with Crippen molar-refractivity contribution in [1.29, 1.82) is 0 Å². The first-order chi connectivity index (χ1) is 9.40. The minimum atomic E-state index is 0.603. The molecule has 2 heterocycles. The van der Waals surface area contributed by atoms with E-state index >= 15 is 0 Å². The topological polar surface area (TPSA) is 29.0 Å². The van der Waals surface area contributed by atoms with Crippen molar-refractivity contribution in [2.24, 2.45) is 0 Å². The number of hydrogen-bond donors (Lipinski definition) is 0. The van der Waals surface area contributed by atoms with E-state index in [4.69, 9.17) is 11.6 Å². The summed E-state index contributed by atoms with van der Waals surface area (Å²) in [6, 6.07) is 8.84. The Balaban J connectivity index is 1.94. The summed E-state index contributed by atoms with van der Waals surface area (Å²) >= 11 is 5.83. The zero-order chi connectivity index (χ0) is 13.1. The molecule has 1 aromatic carbocycles. The normalized spacial score (nSPS) is 19.2. The monoisotopic (exact) mass is 275 g/mol. The van der Waals surface area contributed by atoms with E-state index in [0.717, 1.165) is 24.4 Å². The van der Waals surface area contributed by atoms with Crippen molar-refractivity contribution >= 4 is 28.2 Å². The van der Waals surface area contributed by atoms with Gasteiger partial charge >= 0.3 is 0 Å². The Morgan fingerprint density at radius 1 is 1.32 bits per heavy atom. The summed E-state index contributed by atoms with van der Waals surface area (Å²) in [4.78, 5) is 2.49. The molecule has 1 unspecified atom stereocenters. The molecule has 0 spiro atoms. The molecule has 1 atom stereocenters. The van der Waals surface area contributed by atoms with E-state index in [2.05, 4.69) is 27.2 Å². The van der Waals surface area contributed by atoms with Gasteiger partial charge in [-0.2, -0.15) is 10.2 Å². The molecule has 100 valence electrons. The van der Waals surface area contributed by atoms with Crippen LogP contribution in [0.15, 0.2) is 30.5 Å².